The van der Waals surface area contributed by atoms with Gasteiger partial charge in [0.15, 0.2) is 0 Å². The molecule has 2 aromatic heterocycles. The van der Waals surface area contributed by atoms with Gasteiger partial charge in [0, 0.05) is 44.5 Å². The third kappa shape index (κ3) is 3.68. The maximum atomic E-state index is 12.1. The van der Waals surface area contributed by atoms with Crippen LogP contribution < -0.4 is 10.9 Å². The average Bonchev–Trinajstić information content (AvgIpc) is 2.55. The number of amides is 1. The number of likely N-dealkylation sites (tertiary alicyclic amines) is 1. The summed E-state index contributed by atoms with van der Waals surface area (Å²) in [6.07, 6.45) is 2.37. The fourth-order valence-electron chi connectivity index (χ4n) is 3.07. The highest BCUT2D eigenvalue weighted by molar-refractivity contribution is 5.73. The third-order valence-electron chi connectivity index (χ3n) is 4.31. The maximum Gasteiger partial charge on any atom is 0.404 e. The van der Waals surface area contributed by atoms with E-state index in [-0.39, 0.29) is 11.6 Å². The summed E-state index contributed by atoms with van der Waals surface area (Å²) >= 11 is 0. The SMILES string of the molecule is O=C(O)NC1CCN(CCn2c(=O)ccc3ncccc32)CC1. The summed E-state index contributed by atoms with van der Waals surface area (Å²) in [5, 5.41) is 11.3. The molecule has 0 atom stereocenters. The number of carbonyl (C=O) groups is 1. The van der Waals surface area contributed by atoms with Gasteiger partial charge >= 0.3 is 6.09 Å². The Morgan fingerprint density at radius 1 is 1.26 bits per heavy atom. The molecule has 0 aliphatic carbocycles. The summed E-state index contributed by atoms with van der Waals surface area (Å²) < 4.78 is 1.75. The Bertz CT molecular complexity index is 750. The Kier molecular flexibility index (Phi) is 4.57. The molecular weight excluding hydrogens is 296 g/mol. The first kappa shape index (κ1) is 15.5. The van der Waals surface area contributed by atoms with Crippen LogP contribution in [0.1, 0.15) is 12.8 Å². The number of hydrogen-bond acceptors (Lipinski definition) is 4. The van der Waals surface area contributed by atoms with Crippen LogP contribution in [0.2, 0.25) is 0 Å². The lowest BCUT2D eigenvalue weighted by atomic mass is 10.1. The number of hydrogen-bond donors (Lipinski definition) is 2. The lowest BCUT2D eigenvalue weighted by Crippen LogP contribution is -2.45. The van der Waals surface area contributed by atoms with Crippen LogP contribution in [0.5, 0.6) is 0 Å². The van der Waals surface area contributed by atoms with E-state index in [1.54, 1.807) is 22.9 Å². The number of nitrogens with zero attached hydrogens (tertiary/aromatic N) is 3. The quantitative estimate of drug-likeness (QED) is 0.883. The van der Waals surface area contributed by atoms with E-state index >= 15 is 0 Å². The number of rotatable bonds is 4. The van der Waals surface area contributed by atoms with Gasteiger partial charge in [0.2, 0.25) is 0 Å². The molecule has 0 unspecified atom stereocenters. The molecule has 3 rings (SSSR count). The van der Waals surface area contributed by atoms with Crippen LogP contribution in [0.25, 0.3) is 11.0 Å². The highest BCUT2D eigenvalue weighted by Gasteiger charge is 2.20. The van der Waals surface area contributed by atoms with Crippen molar-refractivity contribution in [3.63, 3.8) is 0 Å². The zero-order valence-electron chi connectivity index (χ0n) is 12.8. The van der Waals surface area contributed by atoms with Crippen molar-refractivity contribution >= 4 is 17.1 Å². The molecule has 23 heavy (non-hydrogen) atoms. The van der Waals surface area contributed by atoms with Crippen molar-refractivity contribution in [3.05, 3.63) is 40.8 Å². The van der Waals surface area contributed by atoms with E-state index in [9.17, 15) is 9.59 Å². The number of aromatic nitrogens is 2. The fourth-order valence-corrected chi connectivity index (χ4v) is 3.07. The number of carboxylic acid groups (broad SMARTS) is 1. The first-order chi connectivity index (χ1) is 11.1. The zero-order valence-corrected chi connectivity index (χ0v) is 12.8. The second kappa shape index (κ2) is 6.78. The molecule has 122 valence electrons. The van der Waals surface area contributed by atoms with E-state index in [1.165, 1.54) is 0 Å². The third-order valence-corrected chi connectivity index (χ3v) is 4.31. The molecule has 2 N–H and O–H groups in total. The van der Waals surface area contributed by atoms with E-state index < -0.39 is 6.09 Å². The molecule has 2 aromatic rings. The van der Waals surface area contributed by atoms with E-state index in [2.05, 4.69) is 15.2 Å². The van der Waals surface area contributed by atoms with Gasteiger partial charge in [-0.2, -0.15) is 0 Å². The molecule has 0 saturated carbocycles. The summed E-state index contributed by atoms with van der Waals surface area (Å²) in [5.41, 5.74) is 1.65. The van der Waals surface area contributed by atoms with Crippen LogP contribution in [0.4, 0.5) is 4.79 Å². The molecule has 1 amide bonds. The minimum atomic E-state index is -0.960. The smallest absolute Gasteiger partial charge is 0.404 e. The van der Waals surface area contributed by atoms with E-state index in [4.69, 9.17) is 5.11 Å². The molecule has 0 bridgehead atoms. The summed E-state index contributed by atoms with van der Waals surface area (Å²) in [7, 11) is 0. The summed E-state index contributed by atoms with van der Waals surface area (Å²) in [6.45, 7) is 3.05. The molecular formula is C16H20N4O3. The first-order valence-electron chi connectivity index (χ1n) is 7.80. The summed E-state index contributed by atoms with van der Waals surface area (Å²) in [6, 6.07) is 7.08. The maximum absolute atomic E-state index is 12.1. The van der Waals surface area contributed by atoms with Crippen molar-refractivity contribution in [2.45, 2.75) is 25.4 Å². The van der Waals surface area contributed by atoms with Gasteiger partial charge in [0.1, 0.15) is 0 Å². The van der Waals surface area contributed by atoms with Crippen molar-refractivity contribution in [3.8, 4) is 0 Å². The molecule has 1 aliphatic heterocycles. The van der Waals surface area contributed by atoms with Gasteiger partial charge in [0.05, 0.1) is 11.0 Å². The van der Waals surface area contributed by atoms with Gasteiger partial charge in [-0.3, -0.25) is 9.78 Å². The lowest BCUT2D eigenvalue weighted by Gasteiger charge is -2.31. The van der Waals surface area contributed by atoms with Gasteiger partial charge in [-0.15, -0.1) is 0 Å². The van der Waals surface area contributed by atoms with Crippen molar-refractivity contribution in [1.29, 1.82) is 0 Å². The Morgan fingerprint density at radius 2 is 2.04 bits per heavy atom. The highest BCUT2D eigenvalue weighted by atomic mass is 16.4. The van der Waals surface area contributed by atoms with Crippen LogP contribution in [-0.4, -0.2) is 51.3 Å². The number of nitrogens with one attached hydrogen (secondary N) is 1. The average molecular weight is 316 g/mol. The zero-order chi connectivity index (χ0) is 16.2. The van der Waals surface area contributed by atoms with Crippen molar-refractivity contribution in [2.75, 3.05) is 19.6 Å². The van der Waals surface area contributed by atoms with Crippen LogP contribution in [0, 0.1) is 0 Å². The van der Waals surface area contributed by atoms with E-state index in [0.717, 1.165) is 43.5 Å². The normalized spacial score (nSPS) is 16.5. The Morgan fingerprint density at radius 3 is 2.78 bits per heavy atom. The van der Waals surface area contributed by atoms with Gasteiger partial charge < -0.3 is 19.9 Å². The molecule has 0 spiro atoms. The summed E-state index contributed by atoms with van der Waals surface area (Å²) in [5.74, 6) is 0. The predicted molar refractivity (Wildman–Crippen MR) is 86.6 cm³/mol. The molecule has 1 saturated heterocycles. The van der Waals surface area contributed by atoms with Crippen LogP contribution in [-0.2, 0) is 6.54 Å². The molecule has 0 aromatic carbocycles. The van der Waals surface area contributed by atoms with E-state index in [1.807, 2.05) is 12.1 Å². The second-order valence-corrected chi connectivity index (χ2v) is 5.80. The van der Waals surface area contributed by atoms with Crippen molar-refractivity contribution in [1.82, 2.24) is 19.8 Å². The highest BCUT2D eigenvalue weighted by Crippen LogP contribution is 2.12. The summed E-state index contributed by atoms with van der Waals surface area (Å²) in [4.78, 5) is 29.3. The molecule has 0 radical (unpaired) electrons. The van der Waals surface area contributed by atoms with Gasteiger partial charge in [-0.05, 0) is 31.0 Å². The van der Waals surface area contributed by atoms with Gasteiger partial charge in [-0.25, -0.2) is 4.79 Å². The van der Waals surface area contributed by atoms with Gasteiger partial charge in [0.25, 0.3) is 5.56 Å². The van der Waals surface area contributed by atoms with Crippen molar-refractivity contribution in [2.24, 2.45) is 0 Å². The van der Waals surface area contributed by atoms with Crippen molar-refractivity contribution < 1.29 is 9.90 Å². The Balaban J connectivity index is 1.63. The monoisotopic (exact) mass is 316 g/mol. The van der Waals surface area contributed by atoms with Crippen LogP contribution in [0.3, 0.4) is 0 Å². The molecule has 1 fully saturated rings. The minimum absolute atomic E-state index is 0.0204. The fraction of sp³-hybridized carbons (Fsp3) is 0.438. The predicted octanol–water partition coefficient (Wildman–Crippen LogP) is 1.13. The number of pyridine rings is 2. The molecule has 7 nitrogen and oxygen atoms in total. The second-order valence-electron chi connectivity index (χ2n) is 5.80. The standard InChI is InChI=1S/C16H20N4O3/c21-15-4-3-13-14(2-1-7-17-13)20(15)11-10-19-8-5-12(6-9-19)18-16(22)23/h1-4,7,12,18H,5-6,8-11H2,(H,22,23). The van der Waals surface area contributed by atoms with E-state index in [0.29, 0.717) is 6.54 Å². The van der Waals surface area contributed by atoms with Gasteiger partial charge in [-0.1, -0.05) is 0 Å². The Hall–Kier alpha value is -2.41. The van der Waals surface area contributed by atoms with Crippen LogP contribution in [0.15, 0.2) is 35.3 Å². The lowest BCUT2D eigenvalue weighted by molar-refractivity contribution is 0.166. The number of fused-ring (bicyclic) bond motifs is 1. The number of piperidine rings is 1. The van der Waals surface area contributed by atoms with Crippen LogP contribution >= 0.6 is 0 Å². The molecule has 7 heteroatoms. The Labute approximate surface area is 133 Å². The molecule has 3 heterocycles. The minimum Gasteiger partial charge on any atom is -0.465 e. The molecule has 1 aliphatic rings. The largest absolute Gasteiger partial charge is 0.465 e. The first-order valence-corrected chi connectivity index (χ1v) is 7.80. The topological polar surface area (TPSA) is 87.5 Å².